The number of ketones is 1. The Kier molecular flexibility index (Phi) is 7.10. The molecule has 7 nitrogen and oxygen atoms in total. The maximum atomic E-state index is 12.9. The van der Waals surface area contributed by atoms with Crippen LogP contribution in [0.1, 0.15) is 27.7 Å². The van der Waals surface area contributed by atoms with Crippen molar-refractivity contribution in [2.75, 3.05) is 41.0 Å². The van der Waals surface area contributed by atoms with Gasteiger partial charge in [0, 0.05) is 12.7 Å². The highest BCUT2D eigenvalue weighted by Gasteiger charge is 2.31. The van der Waals surface area contributed by atoms with Gasteiger partial charge in [0.15, 0.2) is 17.3 Å². The van der Waals surface area contributed by atoms with Crippen molar-refractivity contribution in [2.45, 2.75) is 12.5 Å². The van der Waals surface area contributed by atoms with Gasteiger partial charge >= 0.3 is 0 Å². The molecule has 1 unspecified atom stereocenters. The second kappa shape index (κ2) is 10.4. The number of aromatic nitrogens is 1. The van der Waals surface area contributed by atoms with Crippen molar-refractivity contribution in [3.63, 3.8) is 0 Å². The summed E-state index contributed by atoms with van der Waals surface area (Å²) in [5.41, 5.74) is 2.70. The fraction of sp³-hybridized carbons (Fsp3) is 0.308. The number of hydrogen-bond donors (Lipinski definition) is 0. The standard InChI is InChI=1S/C26H28N2O5/c1-30-19-7-9-20(10-8-19)33-17-23-21-15-26(32-3)25(31-2)14-18(21)11-13-28(23)16-24(29)22-6-4-5-12-27-22/h4-10,12,14-15,23H,11,13,16-17H2,1-3H3. The Bertz CT molecular complexity index is 1090. The van der Waals surface area contributed by atoms with Gasteiger partial charge in [0.2, 0.25) is 0 Å². The number of nitrogens with zero attached hydrogens (tertiary/aromatic N) is 2. The summed E-state index contributed by atoms with van der Waals surface area (Å²) in [4.78, 5) is 19.3. The van der Waals surface area contributed by atoms with Crippen LogP contribution in [0, 0.1) is 0 Å². The molecule has 33 heavy (non-hydrogen) atoms. The van der Waals surface area contributed by atoms with E-state index >= 15 is 0 Å². The zero-order chi connectivity index (χ0) is 23.2. The van der Waals surface area contributed by atoms with Gasteiger partial charge in [-0.1, -0.05) is 6.07 Å². The number of rotatable bonds is 9. The minimum absolute atomic E-state index is 0.0195. The average molecular weight is 449 g/mol. The predicted octanol–water partition coefficient (Wildman–Crippen LogP) is 3.97. The summed E-state index contributed by atoms with van der Waals surface area (Å²) in [7, 11) is 4.89. The van der Waals surface area contributed by atoms with Crippen LogP contribution >= 0.6 is 0 Å². The molecule has 7 heteroatoms. The molecule has 0 spiro atoms. The summed E-state index contributed by atoms with van der Waals surface area (Å²) >= 11 is 0. The Labute approximate surface area is 193 Å². The van der Waals surface area contributed by atoms with Crippen LogP contribution in [0.15, 0.2) is 60.8 Å². The molecule has 2 heterocycles. The van der Waals surface area contributed by atoms with Crippen LogP contribution in [0.3, 0.4) is 0 Å². The molecule has 0 N–H and O–H groups in total. The van der Waals surface area contributed by atoms with Crippen LogP contribution in [0.4, 0.5) is 0 Å². The first-order valence-electron chi connectivity index (χ1n) is 10.8. The van der Waals surface area contributed by atoms with E-state index in [1.54, 1.807) is 39.7 Å². The van der Waals surface area contributed by atoms with Crippen molar-refractivity contribution in [3.8, 4) is 23.0 Å². The van der Waals surface area contributed by atoms with Crippen LogP contribution in [0.25, 0.3) is 0 Å². The first-order valence-corrected chi connectivity index (χ1v) is 10.8. The minimum atomic E-state index is -0.136. The molecule has 1 aliphatic rings. The third kappa shape index (κ3) is 5.09. The molecule has 1 atom stereocenters. The van der Waals surface area contributed by atoms with Crippen LogP contribution in [0.5, 0.6) is 23.0 Å². The van der Waals surface area contributed by atoms with Crippen molar-refractivity contribution in [3.05, 3.63) is 77.6 Å². The van der Waals surface area contributed by atoms with Crippen molar-refractivity contribution in [1.29, 1.82) is 0 Å². The van der Waals surface area contributed by atoms with Crippen molar-refractivity contribution < 1.29 is 23.7 Å². The highest BCUT2D eigenvalue weighted by molar-refractivity contribution is 5.95. The molecule has 0 saturated heterocycles. The number of carbonyl (C=O) groups excluding carboxylic acids is 1. The number of carbonyl (C=O) groups is 1. The Morgan fingerprint density at radius 1 is 0.970 bits per heavy atom. The van der Waals surface area contributed by atoms with E-state index < -0.39 is 0 Å². The lowest BCUT2D eigenvalue weighted by Gasteiger charge is -2.37. The number of benzene rings is 2. The van der Waals surface area contributed by atoms with Gasteiger partial charge in [0.25, 0.3) is 0 Å². The highest BCUT2D eigenvalue weighted by Crippen LogP contribution is 2.38. The molecule has 0 fully saturated rings. The fourth-order valence-corrected chi connectivity index (χ4v) is 4.10. The molecule has 0 saturated carbocycles. The highest BCUT2D eigenvalue weighted by atomic mass is 16.5. The summed E-state index contributed by atoms with van der Waals surface area (Å²) in [6.45, 7) is 1.35. The lowest BCUT2D eigenvalue weighted by molar-refractivity contribution is 0.0814. The molecular weight excluding hydrogens is 420 g/mol. The van der Waals surface area contributed by atoms with E-state index in [9.17, 15) is 4.79 Å². The number of methoxy groups -OCH3 is 3. The van der Waals surface area contributed by atoms with Crippen molar-refractivity contribution >= 4 is 5.78 Å². The second-order valence-electron chi connectivity index (χ2n) is 7.77. The zero-order valence-corrected chi connectivity index (χ0v) is 19.1. The summed E-state index contributed by atoms with van der Waals surface area (Å²) in [5, 5.41) is 0. The van der Waals surface area contributed by atoms with Crippen LogP contribution in [-0.4, -0.2) is 56.7 Å². The topological polar surface area (TPSA) is 70.1 Å². The number of ether oxygens (including phenoxy) is 4. The summed E-state index contributed by atoms with van der Waals surface area (Å²) in [6.07, 6.45) is 2.43. The van der Waals surface area contributed by atoms with Gasteiger partial charge in [-0.3, -0.25) is 14.7 Å². The monoisotopic (exact) mass is 448 g/mol. The maximum Gasteiger partial charge on any atom is 0.195 e. The first-order chi connectivity index (χ1) is 16.1. The number of Topliss-reactive ketones (excluding diaryl/α,β-unsaturated/α-hetero) is 1. The normalized spacial score (nSPS) is 15.4. The van der Waals surface area contributed by atoms with E-state index in [1.165, 1.54) is 0 Å². The summed E-state index contributed by atoms with van der Waals surface area (Å²) in [6, 6.07) is 16.7. The van der Waals surface area contributed by atoms with Crippen molar-refractivity contribution in [2.24, 2.45) is 0 Å². The van der Waals surface area contributed by atoms with E-state index in [4.69, 9.17) is 18.9 Å². The van der Waals surface area contributed by atoms with Crippen molar-refractivity contribution in [1.82, 2.24) is 9.88 Å². The fourth-order valence-electron chi connectivity index (χ4n) is 4.10. The number of pyridine rings is 1. The lowest BCUT2D eigenvalue weighted by atomic mass is 9.91. The Hall–Kier alpha value is -3.58. The van der Waals surface area contributed by atoms with Gasteiger partial charge in [-0.15, -0.1) is 0 Å². The van der Waals surface area contributed by atoms with E-state index in [1.807, 2.05) is 42.5 Å². The average Bonchev–Trinajstić information content (AvgIpc) is 2.87. The summed E-state index contributed by atoms with van der Waals surface area (Å²) in [5.74, 6) is 2.84. The van der Waals surface area contributed by atoms with Gasteiger partial charge in [0.1, 0.15) is 23.8 Å². The quantitative estimate of drug-likeness (QED) is 0.459. The van der Waals surface area contributed by atoms with Gasteiger partial charge in [-0.2, -0.15) is 0 Å². The van der Waals surface area contributed by atoms with E-state index in [0.29, 0.717) is 23.8 Å². The van der Waals surface area contributed by atoms with Crippen LogP contribution in [0.2, 0.25) is 0 Å². The maximum absolute atomic E-state index is 12.9. The third-order valence-corrected chi connectivity index (χ3v) is 5.88. The van der Waals surface area contributed by atoms with Crippen LogP contribution < -0.4 is 18.9 Å². The Morgan fingerprint density at radius 3 is 2.36 bits per heavy atom. The lowest BCUT2D eigenvalue weighted by Crippen LogP contribution is -2.41. The molecule has 0 radical (unpaired) electrons. The largest absolute Gasteiger partial charge is 0.497 e. The minimum Gasteiger partial charge on any atom is -0.497 e. The second-order valence-corrected chi connectivity index (χ2v) is 7.77. The molecule has 0 bridgehead atoms. The summed E-state index contributed by atoms with van der Waals surface area (Å²) < 4.78 is 22.4. The first kappa shape index (κ1) is 22.6. The Morgan fingerprint density at radius 2 is 1.70 bits per heavy atom. The predicted molar refractivity (Wildman–Crippen MR) is 125 cm³/mol. The van der Waals surface area contributed by atoms with Gasteiger partial charge in [0.05, 0.1) is 33.9 Å². The van der Waals surface area contributed by atoms with E-state index in [2.05, 4.69) is 9.88 Å². The zero-order valence-electron chi connectivity index (χ0n) is 19.1. The van der Waals surface area contributed by atoms with Gasteiger partial charge < -0.3 is 18.9 Å². The molecule has 4 rings (SSSR count). The van der Waals surface area contributed by atoms with E-state index in [-0.39, 0.29) is 18.4 Å². The third-order valence-electron chi connectivity index (χ3n) is 5.88. The molecule has 0 aliphatic carbocycles. The Balaban J connectivity index is 1.61. The smallest absolute Gasteiger partial charge is 0.195 e. The molecule has 0 amide bonds. The van der Waals surface area contributed by atoms with Crippen LogP contribution in [-0.2, 0) is 6.42 Å². The molecule has 1 aliphatic heterocycles. The molecule has 1 aromatic heterocycles. The number of hydrogen-bond acceptors (Lipinski definition) is 7. The molecule has 2 aromatic carbocycles. The SMILES string of the molecule is COc1ccc(OCC2c3cc(OC)c(OC)cc3CCN2CC(=O)c2ccccn2)cc1. The van der Waals surface area contributed by atoms with Gasteiger partial charge in [-0.25, -0.2) is 0 Å². The van der Waals surface area contributed by atoms with Gasteiger partial charge in [-0.05, 0) is 66.1 Å². The van der Waals surface area contributed by atoms with E-state index in [0.717, 1.165) is 35.6 Å². The number of fused-ring (bicyclic) bond motifs is 1. The molecule has 172 valence electrons. The molecule has 3 aromatic rings. The molecular formula is C26H28N2O5.